The molecule has 1 saturated carbocycles. The Morgan fingerprint density at radius 1 is 1.07 bits per heavy atom. The summed E-state index contributed by atoms with van der Waals surface area (Å²) >= 11 is 0. The molecule has 2 aromatic carbocycles. The van der Waals surface area contributed by atoms with Crippen molar-refractivity contribution in [1.82, 2.24) is 19.9 Å². The summed E-state index contributed by atoms with van der Waals surface area (Å²) in [5.74, 6) is 0.862. The average molecular weight is 571 g/mol. The van der Waals surface area contributed by atoms with Crippen molar-refractivity contribution in [3.05, 3.63) is 83.2 Å². The number of imidazole rings is 1. The Kier molecular flexibility index (Phi) is 8.85. The number of alkyl halides is 3. The third-order valence-corrected chi connectivity index (χ3v) is 8.64. The summed E-state index contributed by atoms with van der Waals surface area (Å²) in [4.78, 5) is 14.3. The molecular weight excluding hydrogens is 537 g/mol. The van der Waals surface area contributed by atoms with E-state index >= 15 is 0 Å². The maximum absolute atomic E-state index is 13.3. The molecule has 1 atom stereocenters. The zero-order chi connectivity index (χ0) is 28.1. The number of pyridine rings is 1. The van der Waals surface area contributed by atoms with Crippen LogP contribution in [0.15, 0.2) is 66.0 Å². The lowest BCUT2D eigenvalue weighted by atomic mass is 9.93. The average Bonchev–Trinajstić information content (AvgIpc) is 3.39. The monoisotopic (exact) mass is 570 g/mol. The van der Waals surface area contributed by atoms with Crippen LogP contribution >= 0.6 is 0 Å². The summed E-state index contributed by atoms with van der Waals surface area (Å²) in [6.45, 7) is 3.30. The minimum absolute atomic E-state index is 0.201. The van der Waals surface area contributed by atoms with Gasteiger partial charge in [-0.3, -0.25) is 14.1 Å². The number of benzene rings is 2. The van der Waals surface area contributed by atoms with E-state index in [0.717, 1.165) is 48.3 Å². The number of nitrogens with one attached hydrogen (secondary N) is 1. The highest BCUT2D eigenvalue weighted by molar-refractivity contribution is 7.84. The van der Waals surface area contributed by atoms with Gasteiger partial charge in [0.2, 0.25) is 0 Å². The summed E-state index contributed by atoms with van der Waals surface area (Å²) in [6, 6.07) is 15.2. The molecule has 40 heavy (non-hydrogen) atoms. The Morgan fingerprint density at radius 3 is 2.65 bits per heavy atom. The number of aromatic amines is 1. The largest absolute Gasteiger partial charge is 0.492 e. The quantitative estimate of drug-likeness (QED) is 0.227. The minimum atomic E-state index is -4.36. The van der Waals surface area contributed by atoms with Gasteiger partial charge >= 0.3 is 6.18 Å². The maximum Gasteiger partial charge on any atom is 0.416 e. The van der Waals surface area contributed by atoms with E-state index in [1.54, 1.807) is 18.3 Å². The molecule has 0 saturated heterocycles. The van der Waals surface area contributed by atoms with Crippen LogP contribution in [0.1, 0.15) is 54.5 Å². The molecular formula is C30H33F3N4O2S. The van der Waals surface area contributed by atoms with Crippen LogP contribution in [0, 0.1) is 6.92 Å². The van der Waals surface area contributed by atoms with E-state index in [4.69, 9.17) is 4.74 Å². The first kappa shape index (κ1) is 28.3. The minimum Gasteiger partial charge on any atom is -0.492 e. The lowest BCUT2D eigenvalue weighted by Crippen LogP contribution is -2.39. The Hall–Kier alpha value is -3.24. The van der Waals surface area contributed by atoms with Gasteiger partial charge in [-0.25, -0.2) is 4.98 Å². The van der Waals surface area contributed by atoms with Gasteiger partial charge in [-0.1, -0.05) is 49.6 Å². The van der Waals surface area contributed by atoms with Gasteiger partial charge in [0.15, 0.2) is 5.16 Å². The molecule has 1 aliphatic carbocycles. The molecule has 10 heteroatoms. The van der Waals surface area contributed by atoms with Crippen molar-refractivity contribution in [2.75, 3.05) is 13.2 Å². The lowest BCUT2D eigenvalue weighted by Gasteiger charge is -2.34. The van der Waals surface area contributed by atoms with Crippen LogP contribution < -0.4 is 4.74 Å². The van der Waals surface area contributed by atoms with Crippen LogP contribution in [0.25, 0.3) is 11.0 Å². The second-order valence-corrected chi connectivity index (χ2v) is 11.6. The maximum atomic E-state index is 13.3. The highest BCUT2D eigenvalue weighted by Gasteiger charge is 2.31. The number of nitrogens with zero attached hydrogens (tertiary/aromatic N) is 3. The molecule has 1 unspecified atom stereocenters. The third-order valence-electron chi connectivity index (χ3n) is 7.48. The molecule has 1 aliphatic rings. The predicted octanol–water partition coefficient (Wildman–Crippen LogP) is 6.81. The van der Waals surface area contributed by atoms with Crippen LogP contribution in [0.4, 0.5) is 13.2 Å². The van der Waals surface area contributed by atoms with Crippen molar-refractivity contribution in [2.24, 2.45) is 0 Å². The summed E-state index contributed by atoms with van der Waals surface area (Å²) < 4.78 is 59.1. The number of fused-ring (bicyclic) bond motifs is 1. The lowest BCUT2D eigenvalue weighted by molar-refractivity contribution is -0.137. The number of rotatable bonds is 10. The third kappa shape index (κ3) is 6.90. The van der Waals surface area contributed by atoms with Crippen molar-refractivity contribution in [3.8, 4) is 5.75 Å². The number of para-hydroxylation sites is 2. The van der Waals surface area contributed by atoms with Gasteiger partial charge in [0.25, 0.3) is 0 Å². The molecule has 0 radical (unpaired) electrons. The Bertz CT molecular complexity index is 1430. The number of halogens is 3. The zero-order valence-corrected chi connectivity index (χ0v) is 23.2. The SMILES string of the molecule is Cc1c(OCCN(Cc2cccc(C(F)(F)F)c2)C2CCCCC2)ccnc1CS(=O)c1nc2ccccc2[nH]1. The predicted molar refractivity (Wildman–Crippen MR) is 149 cm³/mol. The first-order valence-corrected chi connectivity index (χ1v) is 14.9. The van der Waals surface area contributed by atoms with Gasteiger partial charge in [0, 0.05) is 30.9 Å². The van der Waals surface area contributed by atoms with Gasteiger partial charge in [-0.15, -0.1) is 0 Å². The topological polar surface area (TPSA) is 71.1 Å². The molecule has 0 spiro atoms. The van der Waals surface area contributed by atoms with Crippen LogP contribution in [0.2, 0.25) is 0 Å². The molecule has 6 nitrogen and oxygen atoms in total. The van der Waals surface area contributed by atoms with Crippen molar-refractivity contribution in [3.63, 3.8) is 0 Å². The molecule has 1 fully saturated rings. The van der Waals surface area contributed by atoms with E-state index in [9.17, 15) is 17.4 Å². The fraction of sp³-hybridized carbons (Fsp3) is 0.400. The van der Waals surface area contributed by atoms with Gasteiger partial charge < -0.3 is 9.72 Å². The standard InChI is InChI=1S/C30H33F3N4O2S/c1-21-27(20-40(38)29-35-25-12-5-6-13-26(25)36-29)34-15-14-28(21)39-17-16-37(24-10-3-2-4-11-24)19-22-8-7-9-23(18-22)30(31,32)33/h5-9,12-15,18,24H,2-4,10-11,16-17,19-20H2,1H3,(H,35,36). The van der Waals surface area contributed by atoms with E-state index in [1.165, 1.54) is 18.6 Å². The highest BCUT2D eigenvalue weighted by Crippen LogP contribution is 2.31. The van der Waals surface area contributed by atoms with E-state index in [0.29, 0.717) is 47.9 Å². The molecule has 1 N–H and O–H groups in total. The van der Waals surface area contributed by atoms with Crippen LogP contribution in [0.3, 0.4) is 0 Å². The van der Waals surface area contributed by atoms with Crippen LogP contribution in [-0.2, 0) is 29.3 Å². The normalized spacial score (nSPS) is 15.5. The zero-order valence-electron chi connectivity index (χ0n) is 22.4. The fourth-order valence-electron chi connectivity index (χ4n) is 5.28. The summed E-state index contributed by atoms with van der Waals surface area (Å²) in [6.07, 6.45) is 2.79. The molecule has 2 heterocycles. The van der Waals surface area contributed by atoms with Crippen LogP contribution in [-0.4, -0.2) is 43.3 Å². The molecule has 2 aromatic heterocycles. The van der Waals surface area contributed by atoms with Crippen molar-refractivity contribution >= 4 is 21.8 Å². The van der Waals surface area contributed by atoms with E-state index < -0.39 is 22.5 Å². The molecule has 4 aromatic rings. The Balaban J connectivity index is 1.24. The van der Waals surface area contributed by atoms with E-state index in [1.807, 2.05) is 31.2 Å². The van der Waals surface area contributed by atoms with Crippen molar-refractivity contribution in [1.29, 1.82) is 0 Å². The molecule has 212 valence electrons. The molecule has 0 bridgehead atoms. The second-order valence-electron chi connectivity index (χ2n) is 10.2. The van der Waals surface area contributed by atoms with E-state index in [-0.39, 0.29) is 5.75 Å². The highest BCUT2D eigenvalue weighted by atomic mass is 32.2. The Morgan fingerprint density at radius 2 is 1.88 bits per heavy atom. The summed E-state index contributed by atoms with van der Waals surface area (Å²) in [7, 11) is -1.41. The first-order chi connectivity index (χ1) is 19.3. The van der Waals surface area contributed by atoms with Crippen LogP contribution in [0.5, 0.6) is 5.75 Å². The molecule has 0 aliphatic heterocycles. The Labute approximate surface area is 234 Å². The van der Waals surface area contributed by atoms with Gasteiger partial charge in [-0.05, 0) is 49.6 Å². The number of H-pyrrole nitrogens is 1. The summed E-state index contributed by atoms with van der Waals surface area (Å²) in [5.41, 5.74) is 3.11. The molecule has 5 rings (SSSR count). The smallest absolute Gasteiger partial charge is 0.416 e. The van der Waals surface area contributed by atoms with Gasteiger partial charge in [0.05, 0.1) is 38.8 Å². The molecule has 0 amide bonds. The number of aromatic nitrogens is 3. The number of hydrogen-bond acceptors (Lipinski definition) is 5. The van der Waals surface area contributed by atoms with Gasteiger partial charge in [-0.2, -0.15) is 13.2 Å². The second kappa shape index (κ2) is 12.5. The number of hydrogen-bond donors (Lipinski definition) is 1. The van der Waals surface area contributed by atoms with Gasteiger partial charge in [0.1, 0.15) is 12.4 Å². The van der Waals surface area contributed by atoms with Crippen molar-refractivity contribution in [2.45, 2.75) is 68.7 Å². The number of ether oxygens (including phenoxy) is 1. The first-order valence-electron chi connectivity index (χ1n) is 13.6. The van der Waals surface area contributed by atoms with E-state index in [2.05, 4.69) is 19.9 Å². The summed E-state index contributed by atoms with van der Waals surface area (Å²) in [5, 5.41) is 0.409. The fourth-order valence-corrected chi connectivity index (χ4v) is 6.38. The van der Waals surface area contributed by atoms with Crippen molar-refractivity contribution < 1.29 is 22.1 Å².